The van der Waals surface area contributed by atoms with E-state index in [0.29, 0.717) is 17.6 Å². The predicted octanol–water partition coefficient (Wildman–Crippen LogP) is 1.96. The van der Waals surface area contributed by atoms with E-state index in [4.69, 9.17) is 5.73 Å². The number of carbonyl (C=O) groups excluding carboxylic acids is 1. The van der Waals surface area contributed by atoms with Gasteiger partial charge in [-0.25, -0.2) is 4.98 Å². The van der Waals surface area contributed by atoms with Crippen molar-refractivity contribution in [3.05, 3.63) is 11.1 Å². The number of hydrogen-bond acceptors (Lipinski definition) is 4. The van der Waals surface area contributed by atoms with Crippen LogP contribution in [-0.2, 0) is 11.2 Å². The number of amides is 1. The van der Waals surface area contributed by atoms with Crippen molar-refractivity contribution in [2.75, 3.05) is 5.73 Å². The lowest BCUT2D eigenvalue weighted by Crippen LogP contribution is -2.42. The van der Waals surface area contributed by atoms with Crippen LogP contribution in [0.2, 0.25) is 0 Å². The Balaban J connectivity index is 1.89. The number of nitrogens with zero attached hydrogens (tertiary/aromatic N) is 1. The fourth-order valence-corrected chi connectivity index (χ4v) is 2.97. The third kappa shape index (κ3) is 2.97. The van der Waals surface area contributed by atoms with Crippen molar-refractivity contribution in [2.24, 2.45) is 5.41 Å². The zero-order chi connectivity index (χ0) is 12.5. The Morgan fingerprint density at radius 1 is 1.71 bits per heavy atom. The summed E-state index contributed by atoms with van der Waals surface area (Å²) in [7, 11) is 0. The van der Waals surface area contributed by atoms with Crippen molar-refractivity contribution >= 4 is 22.4 Å². The molecule has 1 aromatic rings. The van der Waals surface area contributed by atoms with Crippen molar-refractivity contribution in [1.29, 1.82) is 0 Å². The maximum absolute atomic E-state index is 11.9. The molecule has 1 aliphatic carbocycles. The van der Waals surface area contributed by atoms with Gasteiger partial charge in [0.15, 0.2) is 5.13 Å². The van der Waals surface area contributed by atoms with E-state index < -0.39 is 0 Å². The molecule has 1 fully saturated rings. The lowest BCUT2D eigenvalue weighted by Gasteiger charge is -2.27. The predicted molar refractivity (Wildman–Crippen MR) is 69.8 cm³/mol. The number of nitrogens with two attached hydrogens (primary N) is 1. The Kier molecular flexibility index (Phi) is 3.38. The van der Waals surface area contributed by atoms with Gasteiger partial charge in [-0.3, -0.25) is 4.79 Å². The summed E-state index contributed by atoms with van der Waals surface area (Å²) >= 11 is 1.38. The van der Waals surface area contributed by atoms with Gasteiger partial charge in [-0.2, -0.15) is 0 Å². The van der Waals surface area contributed by atoms with E-state index in [1.807, 2.05) is 5.38 Å². The van der Waals surface area contributed by atoms with Crippen molar-refractivity contribution < 1.29 is 4.79 Å². The van der Waals surface area contributed by atoms with Crippen LogP contribution in [-0.4, -0.2) is 16.9 Å². The smallest absolute Gasteiger partial charge is 0.226 e. The summed E-state index contributed by atoms with van der Waals surface area (Å²) in [6.45, 7) is 4.43. The number of anilines is 1. The molecule has 2 rings (SSSR count). The molecule has 0 bridgehead atoms. The number of carbonyl (C=O) groups is 1. The molecule has 0 saturated heterocycles. The van der Waals surface area contributed by atoms with Crippen LogP contribution in [0.25, 0.3) is 0 Å². The Labute approximate surface area is 106 Å². The molecule has 4 nitrogen and oxygen atoms in total. The molecule has 0 aromatic carbocycles. The van der Waals surface area contributed by atoms with Crippen LogP contribution >= 0.6 is 11.3 Å². The number of rotatable bonds is 3. The highest BCUT2D eigenvalue weighted by molar-refractivity contribution is 7.13. The van der Waals surface area contributed by atoms with Gasteiger partial charge in [0, 0.05) is 11.4 Å². The molecule has 1 aliphatic rings. The molecule has 17 heavy (non-hydrogen) atoms. The van der Waals surface area contributed by atoms with Gasteiger partial charge in [0.1, 0.15) is 0 Å². The minimum absolute atomic E-state index is 0.0512. The normalized spacial score (nSPS) is 22.6. The van der Waals surface area contributed by atoms with E-state index in [9.17, 15) is 4.79 Å². The fraction of sp³-hybridized carbons (Fsp3) is 0.667. The second kappa shape index (κ2) is 4.64. The molecule has 1 heterocycles. The average molecular weight is 253 g/mol. The third-order valence-electron chi connectivity index (χ3n) is 3.50. The van der Waals surface area contributed by atoms with E-state index in [2.05, 4.69) is 24.1 Å². The molecular formula is C12H19N3OS. The highest BCUT2D eigenvalue weighted by atomic mass is 32.1. The first-order valence-electron chi connectivity index (χ1n) is 5.96. The summed E-state index contributed by atoms with van der Waals surface area (Å²) < 4.78 is 0. The van der Waals surface area contributed by atoms with Gasteiger partial charge >= 0.3 is 0 Å². The van der Waals surface area contributed by atoms with Gasteiger partial charge in [0.05, 0.1) is 12.1 Å². The van der Waals surface area contributed by atoms with Crippen LogP contribution in [0.3, 0.4) is 0 Å². The summed E-state index contributed by atoms with van der Waals surface area (Å²) in [6, 6.07) is 0.297. The maximum atomic E-state index is 11.9. The van der Waals surface area contributed by atoms with E-state index >= 15 is 0 Å². The summed E-state index contributed by atoms with van der Waals surface area (Å²) in [5.41, 5.74) is 6.52. The molecular weight excluding hydrogens is 234 g/mol. The number of nitrogen functional groups attached to an aromatic ring is 1. The topological polar surface area (TPSA) is 68.0 Å². The zero-order valence-electron chi connectivity index (χ0n) is 10.3. The van der Waals surface area contributed by atoms with E-state index in [0.717, 1.165) is 12.1 Å². The number of hydrogen-bond donors (Lipinski definition) is 2. The Hall–Kier alpha value is -1.10. The summed E-state index contributed by atoms with van der Waals surface area (Å²) in [5.74, 6) is 0.0512. The van der Waals surface area contributed by atoms with Crippen molar-refractivity contribution in [3.8, 4) is 0 Å². The molecule has 5 heteroatoms. The first-order valence-corrected chi connectivity index (χ1v) is 6.84. The highest BCUT2D eigenvalue weighted by Gasteiger charge is 2.35. The van der Waals surface area contributed by atoms with Gasteiger partial charge in [0.25, 0.3) is 0 Å². The molecule has 3 N–H and O–H groups in total. The molecule has 1 saturated carbocycles. The molecule has 0 spiro atoms. The standard InChI is InChI=1S/C12H19N3OS/c1-12(2)5-3-4-9(12)15-10(16)6-8-7-17-11(13)14-8/h7,9H,3-6H2,1-2H3,(H2,13,14)(H,15,16). The molecule has 1 amide bonds. The average Bonchev–Trinajstić information content (AvgIpc) is 2.74. The monoisotopic (exact) mass is 253 g/mol. The van der Waals surface area contributed by atoms with E-state index in [1.165, 1.54) is 24.2 Å². The quantitative estimate of drug-likeness (QED) is 0.865. The number of nitrogens with one attached hydrogen (secondary N) is 1. The summed E-state index contributed by atoms with van der Waals surface area (Å²) in [4.78, 5) is 16.0. The lowest BCUT2D eigenvalue weighted by atomic mass is 9.87. The minimum atomic E-state index is 0.0512. The minimum Gasteiger partial charge on any atom is -0.375 e. The van der Waals surface area contributed by atoms with Crippen molar-refractivity contribution in [1.82, 2.24) is 10.3 Å². The summed E-state index contributed by atoms with van der Waals surface area (Å²) in [6.07, 6.45) is 3.79. The van der Waals surface area contributed by atoms with Crippen LogP contribution in [0, 0.1) is 5.41 Å². The number of thiazole rings is 1. The first-order chi connectivity index (χ1) is 7.97. The number of aromatic nitrogens is 1. The van der Waals surface area contributed by atoms with Gasteiger partial charge in [0.2, 0.25) is 5.91 Å². The Morgan fingerprint density at radius 3 is 3.00 bits per heavy atom. The van der Waals surface area contributed by atoms with E-state index in [1.54, 1.807) is 0 Å². The van der Waals surface area contributed by atoms with Crippen molar-refractivity contribution in [3.63, 3.8) is 0 Å². The van der Waals surface area contributed by atoms with Crippen molar-refractivity contribution in [2.45, 2.75) is 45.6 Å². The van der Waals surface area contributed by atoms with Crippen LogP contribution in [0.5, 0.6) is 0 Å². The van der Waals surface area contributed by atoms with Gasteiger partial charge in [-0.1, -0.05) is 20.3 Å². The Bertz CT molecular complexity index is 414. The molecule has 0 radical (unpaired) electrons. The van der Waals surface area contributed by atoms with Crippen LogP contribution in [0.1, 0.15) is 38.8 Å². The molecule has 1 unspecified atom stereocenters. The lowest BCUT2D eigenvalue weighted by molar-refractivity contribution is -0.121. The van der Waals surface area contributed by atoms with Crippen LogP contribution in [0.15, 0.2) is 5.38 Å². The maximum Gasteiger partial charge on any atom is 0.226 e. The van der Waals surface area contributed by atoms with Crippen LogP contribution < -0.4 is 11.1 Å². The van der Waals surface area contributed by atoms with E-state index in [-0.39, 0.29) is 11.3 Å². The largest absolute Gasteiger partial charge is 0.375 e. The fourth-order valence-electron chi connectivity index (χ4n) is 2.41. The molecule has 1 aromatic heterocycles. The second-order valence-corrected chi connectivity index (χ2v) is 6.24. The first kappa shape index (κ1) is 12.4. The SMILES string of the molecule is CC1(C)CCCC1NC(=O)Cc1csc(N)n1. The van der Waals surface area contributed by atoms with Gasteiger partial charge < -0.3 is 11.1 Å². The molecule has 0 aliphatic heterocycles. The summed E-state index contributed by atoms with van der Waals surface area (Å²) in [5, 5.41) is 5.48. The molecule has 1 atom stereocenters. The zero-order valence-corrected chi connectivity index (χ0v) is 11.1. The highest BCUT2D eigenvalue weighted by Crippen LogP contribution is 2.37. The third-order valence-corrected chi connectivity index (χ3v) is 4.23. The van der Waals surface area contributed by atoms with Gasteiger partial charge in [-0.15, -0.1) is 11.3 Å². The van der Waals surface area contributed by atoms with Gasteiger partial charge in [-0.05, 0) is 18.3 Å². The molecule has 94 valence electrons. The van der Waals surface area contributed by atoms with Crippen LogP contribution in [0.4, 0.5) is 5.13 Å². The second-order valence-electron chi connectivity index (χ2n) is 5.35. The Morgan fingerprint density at radius 2 is 2.47 bits per heavy atom.